The molecule has 2 amide bonds. The van der Waals surface area contributed by atoms with Gasteiger partial charge < -0.3 is 10.6 Å². The molecule has 138 valence electrons. The predicted molar refractivity (Wildman–Crippen MR) is 103 cm³/mol. The van der Waals surface area contributed by atoms with Crippen LogP contribution in [0.4, 0.5) is 5.69 Å². The van der Waals surface area contributed by atoms with Crippen molar-refractivity contribution < 1.29 is 9.59 Å². The van der Waals surface area contributed by atoms with E-state index in [9.17, 15) is 9.59 Å². The van der Waals surface area contributed by atoms with Crippen molar-refractivity contribution in [1.82, 2.24) is 15.2 Å². The highest BCUT2D eigenvalue weighted by Gasteiger charge is 2.27. The first-order chi connectivity index (χ1) is 12.6. The Labute approximate surface area is 157 Å². The Morgan fingerprint density at radius 1 is 1.27 bits per heavy atom. The summed E-state index contributed by atoms with van der Waals surface area (Å²) in [5, 5.41) is 8.81. The van der Waals surface area contributed by atoms with E-state index >= 15 is 0 Å². The molecule has 0 saturated carbocycles. The Bertz CT molecular complexity index is 731. The summed E-state index contributed by atoms with van der Waals surface area (Å²) in [7, 11) is 0. The average molecular weight is 372 g/mol. The molecule has 6 nitrogen and oxygen atoms in total. The van der Waals surface area contributed by atoms with E-state index in [2.05, 4.69) is 20.5 Å². The molecule has 7 heteroatoms. The Balaban J connectivity index is 1.51. The van der Waals surface area contributed by atoms with E-state index in [1.807, 2.05) is 35.8 Å². The predicted octanol–water partition coefficient (Wildman–Crippen LogP) is 2.94. The van der Waals surface area contributed by atoms with Crippen LogP contribution in [0.3, 0.4) is 0 Å². The van der Waals surface area contributed by atoms with Gasteiger partial charge in [0.2, 0.25) is 11.8 Å². The summed E-state index contributed by atoms with van der Waals surface area (Å²) in [5.41, 5.74) is 1.76. The molecule has 0 unspecified atom stereocenters. The Morgan fingerprint density at radius 2 is 2.08 bits per heavy atom. The van der Waals surface area contributed by atoms with Crippen LogP contribution in [0.25, 0.3) is 0 Å². The van der Waals surface area contributed by atoms with Gasteiger partial charge in [-0.2, -0.15) is 0 Å². The van der Waals surface area contributed by atoms with E-state index in [0.717, 1.165) is 35.6 Å². The molecule has 2 aromatic rings. The highest BCUT2D eigenvalue weighted by molar-refractivity contribution is 7.09. The maximum atomic E-state index is 12.4. The summed E-state index contributed by atoms with van der Waals surface area (Å²) < 4.78 is 0. The minimum atomic E-state index is -0.0950. The summed E-state index contributed by atoms with van der Waals surface area (Å²) in [5.74, 6) is -0.0678. The molecule has 3 rings (SSSR count). The van der Waals surface area contributed by atoms with Crippen molar-refractivity contribution >= 4 is 28.8 Å². The van der Waals surface area contributed by atoms with E-state index in [1.165, 1.54) is 13.3 Å². The van der Waals surface area contributed by atoms with Crippen LogP contribution < -0.4 is 10.6 Å². The molecule has 26 heavy (non-hydrogen) atoms. The molecular formula is C19H24N4O2S. The van der Waals surface area contributed by atoms with Gasteiger partial charge in [-0.25, -0.2) is 4.98 Å². The summed E-state index contributed by atoms with van der Waals surface area (Å²) in [4.78, 5) is 30.1. The summed E-state index contributed by atoms with van der Waals surface area (Å²) >= 11 is 1.66. The zero-order valence-electron chi connectivity index (χ0n) is 14.9. The van der Waals surface area contributed by atoms with E-state index in [1.54, 1.807) is 11.3 Å². The van der Waals surface area contributed by atoms with Crippen LogP contribution in [0.2, 0.25) is 0 Å². The lowest BCUT2D eigenvalue weighted by Crippen LogP contribution is -2.41. The van der Waals surface area contributed by atoms with Crippen LogP contribution in [0.5, 0.6) is 0 Å². The van der Waals surface area contributed by atoms with Crippen LogP contribution in [0.15, 0.2) is 35.8 Å². The second-order valence-electron chi connectivity index (χ2n) is 6.51. The van der Waals surface area contributed by atoms with Gasteiger partial charge in [0.05, 0.1) is 12.6 Å². The van der Waals surface area contributed by atoms with E-state index < -0.39 is 0 Å². The van der Waals surface area contributed by atoms with Gasteiger partial charge in [-0.3, -0.25) is 14.5 Å². The number of carbonyl (C=O) groups is 2. The molecule has 1 atom stereocenters. The van der Waals surface area contributed by atoms with Crippen molar-refractivity contribution in [2.75, 3.05) is 18.4 Å². The summed E-state index contributed by atoms with van der Waals surface area (Å²) in [6, 6.07) is 7.75. The fraction of sp³-hybridized carbons (Fsp3) is 0.421. The first kappa shape index (κ1) is 18.5. The maximum Gasteiger partial charge on any atom is 0.234 e. The number of amides is 2. The number of piperidine rings is 1. The molecule has 0 radical (unpaired) electrons. The van der Waals surface area contributed by atoms with Gasteiger partial charge >= 0.3 is 0 Å². The smallest absolute Gasteiger partial charge is 0.234 e. The highest BCUT2D eigenvalue weighted by atomic mass is 32.1. The summed E-state index contributed by atoms with van der Waals surface area (Å²) in [6.07, 6.45) is 5.20. The lowest BCUT2D eigenvalue weighted by molar-refractivity contribution is -0.123. The molecule has 0 bridgehead atoms. The van der Waals surface area contributed by atoms with Crippen LogP contribution in [0, 0.1) is 0 Å². The van der Waals surface area contributed by atoms with Crippen molar-refractivity contribution in [1.29, 1.82) is 0 Å². The van der Waals surface area contributed by atoms with Crippen LogP contribution in [-0.2, 0) is 16.1 Å². The normalized spacial score (nSPS) is 17.7. The highest BCUT2D eigenvalue weighted by Crippen LogP contribution is 2.31. The van der Waals surface area contributed by atoms with Gasteiger partial charge in [0.15, 0.2) is 0 Å². The van der Waals surface area contributed by atoms with Gasteiger partial charge in [-0.1, -0.05) is 18.6 Å². The lowest BCUT2D eigenvalue weighted by atomic mass is 10.0. The minimum absolute atomic E-state index is 0.0272. The van der Waals surface area contributed by atoms with Crippen LogP contribution >= 0.6 is 11.3 Å². The molecule has 1 saturated heterocycles. The zero-order chi connectivity index (χ0) is 18.4. The Morgan fingerprint density at radius 3 is 2.77 bits per heavy atom. The fourth-order valence-electron chi connectivity index (χ4n) is 3.21. The van der Waals surface area contributed by atoms with Crippen molar-refractivity contribution in [3.8, 4) is 0 Å². The van der Waals surface area contributed by atoms with Crippen molar-refractivity contribution in [2.24, 2.45) is 0 Å². The van der Waals surface area contributed by atoms with Gasteiger partial charge in [0, 0.05) is 30.7 Å². The van der Waals surface area contributed by atoms with E-state index in [0.29, 0.717) is 13.1 Å². The number of hydrogen-bond donors (Lipinski definition) is 2. The van der Waals surface area contributed by atoms with Crippen molar-refractivity contribution in [3.63, 3.8) is 0 Å². The first-order valence-corrected chi connectivity index (χ1v) is 9.76. The third kappa shape index (κ3) is 5.12. The van der Waals surface area contributed by atoms with Gasteiger partial charge in [-0.05, 0) is 37.1 Å². The molecule has 1 aliphatic heterocycles. The van der Waals surface area contributed by atoms with Gasteiger partial charge in [0.1, 0.15) is 5.01 Å². The van der Waals surface area contributed by atoms with Crippen molar-refractivity contribution in [3.05, 3.63) is 46.4 Å². The number of hydrogen-bond acceptors (Lipinski definition) is 5. The number of anilines is 1. The minimum Gasteiger partial charge on any atom is -0.351 e. The second kappa shape index (κ2) is 8.91. The maximum absolute atomic E-state index is 12.4. The molecule has 1 aromatic heterocycles. The number of rotatable bonds is 6. The number of carbonyl (C=O) groups excluding carboxylic acids is 2. The van der Waals surface area contributed by atoms with Crippen LogP contribution in [-0.4, -0.2) is 34.8 Å². The average Bonchev–Trinajstić information content (AvgIpc) is 3.16. The number of likely N-dealkylation sites (tertiary alicyclic amines) is 1. The fourth-order valence-corrected chi connectivity index (χ4v) is 4.02. The first-order valence-electron chi connectivity index (χ1n) is 8.88. The Hall–Kier alpha value is -2.25. The zero-order valence-corrected chi connectivity index (χ0v) is 15.7. The van der Waals surface area contributed by atoms with E-state index in [-0.39, 0.29) is 17.9 Å². The number of thiazole rings is 1. The third-order valence-corrected chi connectivity index (χ3v) is 5.34. The second-order valence-corrected chi connectivity index (χ2v) is 7.43. The number of benzene rings is 1. The largest absolute Gasteiger partial charge is 0.351 e. The molecule has 1 aliphatic rings. The third-order valence-electron chi connectivity index (χ3n) is 4.46. The number of nitrogens with zero attached hydrogens (tertiary/aromatic N) is 2. The topological polar surface area (TPSA) is 74.3 Å². The quantitative estimate of drug-likeness (QED) is 0.818. The van der Waals surface area contributed by atoms with E-state index in [4.69, 9.17) is 0 Å². The molecule has 0 aliphatic carbocycles. The summed E-state index contributed by atoms with van der Waals surface area (Å²) in [6.45, 7) is 3.29. The molecule has 2 N–H and O–H groups in total. The number of aromatic nitrogens is 1. The SMILES string of the molecule is CC(=O)Nc1ccc(CNC(=O)CN2CCCC[C@@H]2c2nccs2)cc1. The van der Waals surface area contributed by atoms with Gasteiger partial charge in [-0.15, -0.1) is 11.3 Å². The molecule has 1 fully saturated rings. The molecular weight excluding hydrogens is 348 g/mol. The van der Waals surface area contributed by atoms with Crippen molar-refractivity contribution in [2.45, 2.75) is 38.8 Å². The monoisotopic (exact) mass is 372 g/mol. The Kier molecular flexibility index (Phi) is 6.35. The standard InChI is InChI=1S/C19H24N4O2S/c1-14(24)22-16-7-5-15(6-8-16)12-21-18(25)13-23-10-3-2-4-17(23)19-20-9-11-26-19/h5-9,11,17H,2-4,10,12-13H2,1H3,(H,21,25)(H,22,24)/t17-/m1/s1. The van der Waals surface area contributed by atoms with Crippen LogP contribution in [0.1, 0.15) is 42.8 Å². The lowest BCUT2D eigenvalue weighted by Gasteiger charge is -2.33. The number of nitrogens with one attached hydrogen (secondary N) is 2. The molecule has 2 heterocycles. The molecule has 1 aromatic carbocycles. The van der Waals surface area contributed by atoms with Gasteiger partial charge in [0.25, 0.3) is 0 Å². The molecule has 0 spiro atoms.